The lowest BCUT2D eigenvalue weighted by Gasteiger charge is -2.14. The Labute approximate surface area is 207 Å². The molecule has 1 N–H and O–H groups in total. The van der Waals surface area contributed by atoms with E-state index in [-0.39, 0.29) is 6.10 Å². The minimum Gasteiger partial charge on any atom is -0.497 e. The lowest BCUT2D eigenvalue weighted by Crippen LogP contribution is -2.16. The zero-order chi connectivity index (χ0) is 23.3. The fourth-order valence-electron chi connectivity index (χ4n) is 3.84. The summed E-state index contributed by atoms with van der Waals surface area (Å²) in [5.74, 6) is 2.39. The van der Waals surface area contributed by atoms with Crippen molar-refractivity contribution in [1.82, 2.24) is 19.7 Å². The van der Waals surface area contributed by atoms with E-state index < -0.39 is 0 Å². The van der Waals surface area contributed by atoms with Crippen molar-refractivity contribution in [2.75, 3.05) is 19.0 Å². The molecule has 0 aliphatic carbocycles. The molecule has 0 spiro atoms. The molecule has 1 saturated heterocycles. The number of thioether (sulfide) groups is 1. The molecule has 176 valence electrons. The van der Waals surface area contributed by atoms with Gasteiger partial charge in [-0.15, -0.1) is 21.5 Å². The van der Waals surface area contributed by atoms with E-state index in [2.05, 4.69) is 56.7 Å². The van der Waals surface area contributed by atoms with Gasteiger partial charge in [0.05, 0.1) is 25.5 Å². The normalized spacial score (nSPS) is 15.5. The Kier molecular flexibility index (Phi) is 7.13. The van der Waals surface area contributed by atoms with Gasteiger partial charge in [0, 0.05) is 29.0 Å². The van der Waals surface area contributed by atoms with Gasteiger partial charge in [-0.2, -0.15) is 0 Å². The number of aromatic nitrogens is 4. The van der Waals surface area contributed by atoms with Crippen molar-refractivity contribution in [1.29, 1.82) is 0 Å². The van der Waals surface area contributed by atoms with Crippen LogP contribution in [0.1, 0.15) is 24.1 Å². The van der Waals surface area contributed by atoms with Crippen LogP contribution in [0.3, 0.4) is 0 Å². The van der Waals surface area contributed by atoms with Crippen LogP contribution in [0, 0.1) is 6.92 Å². The van der Waals surface area contributed by atoms with E-state index in [0.717, 1.165) is 70.6 Å². The van der Waals surface area contributed by atoms with Crippen molar-refractivity contribution in [3.63, 3.8) is 0 Å². The molecular weight excluding hydrogens is 466 g/mol. The van der Waals surface area contributed by atoms with E-state index in [4.69, 9.17) is 14.5 Å². The summed E-state index contributed by atoms with van der Waals surface area (Å²) in [5, 5.41) is 16.3. The third kappa shape index (κ3) is 5.43. The van der Waals surface area contributed by atoms with Crippen LogP contribution in [0.15, 0.2) is 59.1 Å². The number of benzene rings is 2. The van der Waals surface area contributed by atoms with Crippen molar-refractivity contribution < 1.29 is 9.47 Å². The predicted molar refractivity (Wildman–Crippen MR) is 137 cm³/mol. The molecular formula is C25H27N5O2S2. The molecule has 0 bridgehead atoms. The fourth-order valence-corrected chi connectivity index (χ4v) is 5.51. The van der Waals surface area contributed by atoms with Crippen LogP contribution in [0.25, 0.3) is 11.4 Å². The van der Waals surface area contributed by atoms with E-state index in [9.17, 15) is 0 Å². The van der Waals surface area contributed by atoms with Gasteiger partial charge in [0.25, 0.3) is 0 Å². The zero-order valence-corrected chi connectivity index (χ0v) is 20.9. The smallest absolute Gasteiger partial charge is 0.191 e. The third-order valence-electron chi connectivity index (χ3n) is 5.68. The van der Waals surface area contributed by atoms with Gasteiger partial charge in [0.2, 0.25) is 0 Å². The van der Waals surface area contributed by atoms with Crippen LogP contribution in [-0.4, -0.2) is 39.6 Å². The molecule has 34 heavy (non-hydrogen) atoms. The lowest BCUT2D eigenvalue weighted by atomic mass is 10.2. The second-order valence-electron chi connectivity index (χ2n) is 8.20. The molecule has 5 rings (SSSR count). The molecule has 1 fully saturated rings. The van der Waals surface area contributed by atoms with Gasteiger partial charge < -0.3 is 14.8 Å². The second kappa shape index (κ2) is 10.6. The Morgan fingerprint density at radius 3 is 2.71 bits per heavy atom. The summed E-state index contributed by atoms with van der Waals surface area (Å²) in [6.07, 6.45) is 2.35. The Morgan fingerprint density at radius 2 is 1.97 bits per heavy atom. The largest absolute Gasteiger partial charge is 0.497 e. The van der Waals surface area contributed by atoms with Gasteiger partial charge in [-0.25, -0.2) is 4.98 Å². The molecule has 7 nitrogen and oxygen atoms in total. The third-order valence-corrected chi connectivity index (χ3v) is 7.49. The molecule has 2 aromatic carbocycles. The number of methoxy groups -OCH3 is 1. The summed E-state index contributed by atoms with van der Waals surface area (Å²) in [6.45, 7) is 3.65. The molecule has 9 heteroatoms. The minimum atomic E-state index is 0.192. The number of aryl methyl sites for hydroxylation is 1. The average Bonchev–Trinajstić information content (AvgIpc) is 3.62. The molecule has 3 heterocycles. The number of nitrogens with one attached hydrogen (secondary N) is 1. The number of nitrogens with zero attached hydrogens (tertiary/aromatic N) is 4. The van der Waals surface area contributed by atoms with Crippen LogP contribution < -0.4 is 10.1 Å². The van der Waals surface area contributed by atoms with Gasteiger partial charge in [-0.05, 0) is 56.2 Å². The number of hydrogen-bond acceptors (Lipinski definition) is 8. The average molecular weight is 494 g/mol. The molecule has 0 unspecified atom stereocenters. The first kappa shape index (κ1) is 22.9. The first-order valence-electron chi connectivity index (χ1n) is 11.3. The van der Waals surface area contributed by atoms with Gasteiger partial charge in [0.15, 0.2) is 16.1 Å². The van der Waals surface area contributed by atoms with Crippen LogP contribution in [0.4, 0.5) is 10.8 Å². The Hall–Kier alpha value is -2.88. The summed E-state index contributed by atoms with van der Waals surface area (Å²) in [4.78, 5) is 4.75. The Bertz CT molecular complexity index is 1220. The highest BCUT2D eigenvalue weighted by Crippen LogP contribution is 2.30. The Balaban J connectivity index is 1.31. The summed E-state index contributed by atoms with van der Waals surface area (Å²) < 4.78 is 13.4. The van der Waals surface area contributed by atoms with E-state index >= 15 is 0 Å². The maximum Gasteiger partial charge on any atom is 0.191 e. The van der Waals surface area contributed by atoms with Crippen LogP contribution in [0.2, 0.25) is 0 Å². The quantitative estimate of drug-likeness (QED) is 0.290. The summed E-state index contributed by atoms with van der Waals surface area (Å²) in [7, 11) is 1.67. The standard InChI is InChI=1S/C25H27N5O2S2/c1-17-5-9-19(10-6-17)26-24-27-20(15-33-24)16-34-25-29-28-23(18-7-11-21(31-2)12-8-18)30(25)14-22-4-3-13-32-22/h5-12,15,22H,3-4,13-14,16H2,1-2H3,(H,26,27)/t22-/m1/s1. The molecule has 1 atom stereocenters. The highest BCUT2D eigenvalue weighted by atomic mass is 32.2. The van der Waals surface area contributed by atoms with Crippen LogP contribution in [0.5, 0.6) is 5.75 Å². The predicted octanol–water partition coefficient (Wildman–Crippen LogP) is 5.93. The van der Waals surface area contributed by atoms with Gasteiger partial charge in [0.1, 0.15) is 5.75 Å². The Morgan fingerprint density at radius 1 is 1.15 bits per heavy atom. The fraction of sp³-hybridized carbons (Fsp3) is 0.320. The second-order valence-corrected chi connectivity index (χ2v) is 10.0. The molecule has 1 aliphatic rings. The van der Waals surface area contributed by atoms with E-state index in [1.807, 2.05) is 24.3 Å². The molecule has 4 aromatic rings. The van der Waals surface area contributed by atoms with Gasteiger partial charge in [-0.3, -0.25) is 4.57 Å². The SMILES string of the molecule is COc1ccc(-c2nnc(SCc3csc(Nc4ccc(C)cc4)n3)n2C[C@H]2CCCO2)cc1. The summed E-state index contributed by atoms with van der Waals surface area (Å²) >= 11 is 3.26. The highest BCUT2D eigenvalue weighted by molar-refractivity contribution is 7.98. The maximum atomic E-state index is 5.91. The van der Waals surface area contributed by atoms with Crippen molar-refractivity contribution >= 4 is 33.9 Å². The van der Waals surface area contributed by atoms with Crippen molar-refractivity contribution in [2.45, 2.75) is 43.3 Å². The minimum absolute atomic E-state index is 0.192. The first-order chi connectivity index (χ1) is 16.7. The number of ether oxygens (including phenoxy) is 2. The zero-order valence-electron chi connectivity index (χ0n) is 19.2. The van der Waals surface area contributed by atoms with Gasteiger partial charge >= 0.3 is 0 Å². The summed E-state index contributed by atoms with van der Waals surface area (Å²) in [5.41, 5.74) is 4.31. The van der Waals surface area contributed by atoms with Crippen molar-refractivity contribution in [3.8, 4) is 17.1 Å². The molecule has 0 saturated carbocycles. The number of anilines is 2. The van der Waals surface area contributed by atoms with E-state index in [1.165, 1.54) is 5.56 Å². The summed E-state index contributed by atoms with van der Waals surface area (Å²) in [6, 6.07) is 16.3. The van der Waals surface area contributed by atoms with Crippen molar-refractivity contribution in [3.05, 3.63) is 65.2 Å². The maximum absolute atomic E-state index is 5.91. The number of thiazole rings is 1. The van der Waals surface area contributed by atoms with E-state index in [1.54, 1.807) is 30.2 Å². The number of hydrogen-bond donors (Lipinski definition) is 1. The molecule has 0 amide bonds. The molecule has 1 aliphatic heterocycles. The van der Waals surface area contributed by atoms with Gasteiger partial charge in [-0.1, -0.05) is 29.5 Å². The molecule has 0 radical (unpaired) electrons. The molecule has 2 aromatic heterocycles. The lowest BCUT2D eigenvalue weighted by molar-refractivity contribution is 0.0953. The van der Waals surface area contributed by atoms with Crippen molar-refractivity contribution in [2.24, 2.45) is 0 Å². The monoisotopic (exact) mass is 493 g/mol. The highest BCUT2D eigenvalue weighted by Gasteiger charge is 2.22. The number of rotatable bonds is 9. The first-order valence-corrected chi connectivity index (χ1v) is 13.1. The topological polar surface area (TPSA) is 74.1 Å². The van der Waals surface area contributed by atoms with Crippen LogP contribution in [-0.2, 0) is 17.0 Å². The van der Waals surface area contributed by atoms with E-state index in [0.29, 0.717) is 0 Å². The van der Waals surface area contributed by atoms with Crippen LogP contribution >= 0.6 is 23.1 Å².